The summed E-state index contributed by atoms with van der Waals surface area (Å²) in [6, 6.07) is 27.9. The van der Waals surface area contributed by atoms with E-state index in [9.17, 15) is 19.2 Å². The number of benzene rings is 4. The van der Waals surface area contributed by atoms with Gasteiger partial charge in [-0.1, -0.05) is 76.1 Å². The molecule has 1 aromatic heterocycles. The summed E-state index contributed by atoms with van der Waals surface area (Å²) in [5, 5.41) is 3.90. The van der Waals surface area contributed by atoms with Gasteiger partial charge in [0.25, 0.3) is 11.5 Å². The molecule has 1 heterocycles. The van der Waals surface area contributed by atoms with Crippen molar-refractivity contribution < 1.29 is 9.59 Å². The Balaban J connectivity index is 1.35. The van der Waals surface area contributed by atoms with E-state index in [1.165, 1.54) is 4.57 Å². The third kappa shape index (κ3) is 6.56. The highest BCUT2D eigenvalue weighted by Crippen LogP contribution is 2.14. The molecule has 41 heavy (non-hydrogen) atoms. The normalized spacial score (nSPS) is 11.0. The topological polar surface area (TPSA) is 90.2 Å². The molecule has 0 bridgehead atoms. The molecule has 0 saturated heterocycles. The van der Waals surface area contributed by atoms with E-state index in [1.807, 2.05) is 24.3 Å². The minimum Gasteiger partial charge on any atom is -0.352 e. The number of hydrogen-bond acceptors (Lipinski definition) is 4. The van der Waals surface area contributed by atoms with E-state index in [0.29, 0.717) is 45.6 Å². The maximum absolute atomic E-state index is 13.6. The van der Waals surface area contributed by atoms with Crippen molar-refractivity contribution in [1.82, 2.24) is 14.5 Å². The van der Waals surface area contributed by atoms with Gasteiger partial charge >= 0.3 is 5.69 Å². The Morgan fingerprint density at radius 1 is 0.756 bits per heavy atom. The van der Waals surface area contributed by atoms with Crippen LogP contribution in [-0.4, -0.2) is 27.4 Å². The van der Waals surface area contributed by atoms with Crippen molar-refractivity contribution in [2.24, 2.45) is 0 Å². The Morgan fingerprint density at radius 3 is 2.10 bits per heavy atom. The van der Waals surface area contributed by atoms with Crippen LogP contribution in [0.3, 0.4) is 0 Å². The van der Waals surface area contributed by atoms with E-state index in [0.717, 1.165) is 14.6 Å². The predicted molar refractivity (Wildman–Crippen MR) is 164 cm³/mol. The van der Waals surface area contributed by atoms with Gasteiger partial charge in [0.1, 0.15) is 0 Å². The fourth-order valence-electron chi connectivity index (χ4n) is 4.55. The minimum absolute atomic E-state index is 0.00651. The lowest BCUT2D eigenvalue weighted by atomic mass is 10.1. The summed E-state index contributed by atoms with van der Waals surface area (Å²) in [5.74, 6) is -0.469. The average molecular weight is 631 g/mol. The number of para-hydroxylation sites is 1. The molecule has 0 aliphatic rings. The van der Waals surface area contributed by atoms with Gasteiger partial charge < -0.3 is 5.32 Å². The lowest BCUT2D eigenvalue weighted by Gasteiger charge is -2.14. The summed E-state index contributed by atoms with van der Waals surface area (Å²) in [7, 11) is 0. The number of halogens is 2. The van der Waals surface area contributed by atoms with Crippen LogP contribution in [0.5, 0.6) is 0 Å². The van der Waals surface area contributed by atoms with E-state index in [1.54, 1.807) is 72.8 Å². The summed E-state index contributed by atoms with van der Waals surface area (Å²) >= 11 is 9.27. The largest absolute Gasteiger partial charge is 0.352 e. The Labute approximate surface area is 249 Å². The molecule has 0 aliphatic carbocycles. The summed E-state index contributed by atoms with van der Waals surface area (Å²) in [4.78, 5) is 52.5. The first-order valence-corrected chi connectivity index (χ1v) is 14.1. The molecule has 7 nitrogen and oxygen atoms in total. The Morgan fingerprint density at radius 2 is 1.39 bits per heavy atom. The molecular weight excluding hydrogens is 606 g/mol. The SMILES string of the molecule is O=C(Cn1c(=O)n(Cc2ccc(C(=O)NCCc3ccc(Cl)cc3)cc2)c(=O)c2ccccc21)c1ccc(Br)cc1. The van der Waals surface area contributed by atoms with E-state index < -0.39 is 11.2 Å². The van der Waals surface area contributed by atoms with Gasteiger partial charge in [-0.2, -0.15) is 0 Å². The van der Waals surface area contributed by atoms with Crippen molar-refractivity contribution in [3.63, 3.8) is 0 Å². The fourth-order valence-corrected chi connectivity index (χ4v) is 4.94. The molecule has 1 amide bonds. The van der Waals surface area contributed by atoms with Crippen molar-refractivity contribution >= 4 is 50.1 Å². The summed E-state index contributed by atoms with van der Waals surface area (Å²) in [6.07, 6.45) is 0.669. The van der Waals surface area contributed by atoms with Crippen LogP contribution in [0.2, 0.25) is 5.02 Å². The first kappa shape index (κ1) is 28.3. The van der Waals surface area contributed by atoms with E-state index >= 15 is 0 Å². The number of nitrogens with one attached hydrogen (secondary N) is 1. The second kappa shape index (κ2) is 12.5. The number of ketones is 1. The Bertz CT molecular complexity index is 1850. The highest BCUT2D eigenvalue weighted by atomic mass is 79.9. The number of hydrogen-bond donors (Lipinski definition) is 1. The van der Waals surface area contributed by atoms with Gasteiger partial charge in [0.2, 0.25) is 0 Å². The zero-order chi connectivity index (χ0) is 28.9. The van der Waals surface area contributed by atoms with E-state index in [4.69, 9.17) is 11.6 Å². The zero-order valence-electron chi connectivity index (χ0n) is 21.8. The summed E-state index contributed by atoms with van der Waals surface area (Å²) in [6.45, 7) is 0.247. The molecule has 1 N–H and O–H groups in total. The van der Waals surface area contributed by atoms with Crippen LogP contribution in [0.1, 0.15) is 31.8 Å². The minimum atomic E-state index is -0.580. The lowest BCUT2D eigenvalue weighted by Crippen LogP contribution is -2.41. The molecule has 0 fully saturated rings. The Hall–Kier alpha value is -4.27. The van der Waals surface area contributed by atoms with Crippen LogP contribution in [0.25, 0.3) is 10.9 Å². The molecule has 5 rings (SSSR count). The second-order valence-corrected chi connectivity index (χ2v) is 10.9. The highest BCUT2D eigenvalue weighted by molar-refractivity contribution is 9.10. The maximum Gasteiger partial charge on any atom is 0.332 e. The van der Waals surface area contributed by atoms with Crippen LogP contribution in [0.4, 0.5) is 0 Å². The third-order valence-corrected chi connectivity index (χ3v) is 7.55. The number of carbonyl (C=O) groups is 2. The molecule has 4 aromatic carbocycles. The lowest BCUT2D eigenvalue weighted by molar-refractivity contribution is 0.0951. The number of carbonyl (C=O) groups excluding carboxylic acids is 2. The van der Waals surface area contributed by atoms with Crippen LogP contribution >= 0.6 is 27.5 Å². The molecule has 9 heteroatoms. The van der Waals surface area contributed by atoms with Crippen molar-refractivity contribution in [3.8, 4) is 0 Å². The number of fused-ring (bicyclic) bond motifs is 1. The van der Waals surface area contributed by atoms with Crippen molar-refractivity contribution in [2.45, 2.75) is 19.5 Å². The number of nitrogens with zero attached hydrogens (tertiary/aromatic N) is 2. The van der Waals surface area contributed by atoms with Gasteiger partial charge in [0.05, 0.1) is 24.0 Å². The first-order valence-electron chi connectivity index (χ1n) is 12.9. The van der Waals surface area contributed by atoms with E-state index in [-0.39, 0.29) is 24.8 Å². The summed E-state index contributed by atoms with van der Waals surface area (Å²) < 4.78 is 3.30. The molecule has 5 aromatic rings. The second-order valence-electron chi connectivity index (χ2n) is 9.54. The molecule has 0 radical (unpaired) electrons. The van der Waals surface area contributed by atoms with Crippen LogP contribution in [0, 0.1) is 0 Å². The standard InChI is InChI=1S/C32H25BrClN3O4/c33-25-13-11-23(12-14-25)29(38)20-36-28-4-2-1-3-27(28)31(40)37(32(36)41)19-22-5-9-24(10-6-22)30(39)35-18-17-21-7-15-26(34)16-8-21/h1-16H,17-20H2,(H,35,39). The molecule has 0 spiro atoms. The molecule has 0 atom stereocenters. The smallest absolute Gasteiger partial charge is 0.332 e. The fraction of sp³-hybridized carbons (Fsp3) is 0.125. The monoisotopic (exact) mass is 629 g/mol. The Kier molecular flexibility index (Phi) is 8.61. The van der Waals surface area contributed by atoms with Gasteiger partial charge in [-0.25, -0.2) is 4.79 Å². The summed E-state index contributed by atoms with van der Waals surface area (Å²) in [5.41, 5.74) is 2.04. The highest BCUT2D eigenvalue weighted by Gasteiger charge is 2.17. The molecule has 206 valence electrons. The third-order valence-electron chi connectivity index (χ3n) is 6.77. The molecular formula is C32H25BrClN3O4. The van der Waals surface area contributed by atoms with Crippen LogP contribution < -0.4 is 16.6 Å². The quantitative estimate of drug-likeness (QED) is 0.218. The van der Waals surface area contributed by atoms with Crippen molar-refractivity contribution in [1.29, 1.82) is 0 Å². The van der Waals surface area contributed by atoms with Gasteiger partial charge in [-0.3, -0.25) is 23.5 Å². The molecule has 0 aliphatic heterocycles. The molecule has 0 unspecified atom stereocenters. The number of amides is 1. The maximum atomic E-state index is 13.6. The number of Topliss-reactive ketones (excluding diaryl/α,β-unsaturated/α-hetero) is 1. The van der Waals surface area contributed by atoms with Gasteiger partial charge in [0.15, 0.2) is 5.78 Å². The van der Waals surface area contributed by atoms with Gasteiger partial charge in [0, 0.05) is 27.2 Å². The van der Waals surface area contributed by atoms with E-state index in [2.05, 4.69) is 21.2 Å². The van der Waals surface area contributed by atoms with Gasteiger partial charge in [-0.15, -0.1) is 0 Å². The number of aromatic nitrogens is 2. The molecule has 0 saturated carbocycles. The first-order chi connectivity index (χ1) is 19.8. The predicted octanol–water partition coefficient (Wildman–Crippen LogP) is 5.48. The van der Waals surface area contributed by atoms with Crippen LogP contribution in [-0.2, 0) is 19.5 Å². The average Bonchev–Trinajstić information content (AvgIpc) is 2.99. The van der Waals surface area contributed by atoms with Crippen molar-refractivity contribution in [3.05, 3.63) is 150 Å². The van der Waals surface area contributed by atoms with Crippen molar-refractivity contribution in [2.75, 3.05) is 6.54 Å². The van der Waals surface area contributed by atoms with Crippen LogP contribution in [0.15, 0.2) is 111 Å². The van der Waals surface area contributed by atoms with Gasteiger partial charge in [-0.05, 0) is 66.1 Å². The number of rotatable bonds is 9. The zero-order valence-corrected chi connectivity index (χ0v) is 24.2.